The Balaban J connectivity index is 1.87. The number of para-hydroxylation sites is 1. The van der Waals surface area contributed by atoms with Crippen molar-refractivity contribution in [1.82, 2.24) is 0 Å². The first-order valence-corrected chi connectivity index (χ1v) is 6.82. The zero-order valence-electron chi connectivity index (χ0n) is 10.3. The molecule has 1 heterocycles. The summed E-state index contributed by atoms with van der Waals surface area (Å²) in [6.07, 6.45) is 3.63. The van der Waals surface area contributed by atoms with Crippen LogP contribution in [0.2, 0.25) is 0 Å². The van der Waals surface area contributed by atoms with Gasteiger partial charge in [0.15, 0.2) is 0 Å². The van der Waals surface area contributed by atoms with Crippen LogP contribution in [0, 0.1) is 11.8 Å². The van der Waals surface area contributed by atoms with Gasteiger partial charge in [-0.15, -0.1) is 11.6 Å². The minimum Gasteiger partial charge on any atom is -0.492 e. The lowest BCUT2D eigenvalue weighted by Gasteiger charge is -2.11. The van der Waals surface area contributed by atoms with E-state index in [2.05, 4.69) is 11.8 Å². The molecule has 0 amide bonds. The number of halogens is 1. The first-order chi connectivity index (χ1) is 8.90. The first kappa shape index (κ1) is 13.3. The highest BCUT2D eigenvalue weighted by Crippen LogP contribution is 2.19. The van der Waals surface area contributed by atoms with Crippen molar-refractivity contribution < 1.29 is 9.47 Å². The fourth-order valence-electron chi connectivity index (χ4n) is 2.00. The van der Waals surface area contributed by atoms with Gasteiger partial charge in [-0.1, -0.05) is 24.0 Å². The summed E-state index contributed by atoms with van der Waals surface area (Å²) in [5, 5.41) is 0. The maximum atomic E-state index is 5.77. The lowest BCUT2D eigenvalue weighted by atomic mass is 10.2. The molecule has 0 radical (unpaired) electrons. The van der Waals surface area contributed by atoms with Crippen molar-refractivity contribution in [3.8, 4) is 17.6 Å². The Labute approximate surface area is 113 Å². The van der Waals surface area contributed by atoms with E-state index in [0.717, 1.165) is 30.8 Å². The Morgan fingerprint density at radius 3 is 3.06 bits per heavy atom. The molecule has 2 rings (SSSR count). The van der Waals surface area contributed by atoms with Crippen LogP contribution in [0.4, 0.5) is 0 Å². The summed E-state index contributed by atoms with van der Waals surface area (Å²) < 4.78 is 11.3. The van der Waals surface area contributed by atoms with E-state index in [9.17, 15) is 0 Å². The van der Waals surface area contributed by atoms with Gasteiger partial charge in [0.2, 0.25) is 0 Å². The van der Waals surface area contributed by atoms with Gasteiger partial charge in [0.25, 0.3) is 0 Å². The molecule has 1 aromatic carbocycles. The topological polar surface area (TPSA) is 18.5 Å². The van der Waals surface area contributed by atoms with Crippen molar-refractivity contribution in [2.45, 2.75) is 25.4 Å². The summed E-state index contributed by atoms with van der Waals surface area (Å²) in [6.45, 7) is 1.56. The predicted molar refractivity (Wildman–Crippen MR) is 73.1 cm³/mol. The molecule has 18 heavy (non-hydrogen) atoms. The molecule has 1 saturated heterocycles. The van der Waals surface area contributed by atoms with Crippen molar-refractivity contribution >= 4 is 11.6 Å². The average Bonchev–Trinajstić information content (AvgIpc) is 2.91. The van der Waals surface area contributed by atoms with Crippen LogP contribution < -0.4 is 4.74 Å². The van der Waals surface area contributed by atoms with Gasteiger partial charge in [0, 0.05) is 13.0 Å². The Kier molecular flexibility index (Phi) is 5.38. The molecular formula is C15H17ClO2. The van der Waals surface area contributed by atoms with Crippen molar-refractivity contribution in [2.75, 3.05) is 19.1 Å². The minimum absolute atomic E-state index is 0.338. The normalized spacial score (nSPS) is 18.2. The van der Waals surface area contributed by atoms with Gasteiger partial charge in [-0.3, -0.25) is 0 Å². The summed E-state index contributed by atoms with van der Waals surface area (Å²) in [5.74, 6) is 7.01. The number of benzene rings is 1. The summed E-state index contributed by atoms with van der Waals surface area (Å²) >= 11 is 5.56. The van der Waals surface area contributed by atoms with E-state index in [1.54, 1.807) is 0 Å². The molecule has 0 bridgehead atoms. The van der Waals surface area contributed by atoms with Crippen molar-refractivity contribution in [1.29, 1.82) is 0 Å². The molecule has 0 aliphatic carbocycles. The van der Waals surface area contributed by atoms with E-state index in [-0.39, 0.29) is 0 Å². The van der Waals surface area contributed by atoms with Crippen LogP contribution in [-0.2, 0) is 4.74 Å². The predicted octanol–water partition coefficient (Wildman–Crippen LogP) is 3.22. The van der Waals surface area contributed by atoms with Crippen LogP contribution in [0.25, 0.3) is 0 Å². The van der Waals surface area contributed by atoms with Crippen molar-refractivity contribution in [3.05, 3.63) is 29.8 Å². The van der Waals surface area contributed by atoms with Crippen LogP contribution in [0.1, 0.15) is 24.8 Å². The van der Waals surface area contributed by atoms with E-state index in [0.29, 0.717) is 18.6 Å². The van der Waals surface area contributed by atoms with Gasteiger partial charge < -0.3 is 9.47 Å². The fourth-order valence-corrected chi connectivity index (χ4v) is 2.06. The lowest BCUT2D eigenvalue weighted by molar-refractivity contribution is 0.0903. The monoisotopic (exact) mass is 264 g/mol. The molecule has 1 aromatic rings. The van der Waals surface area contributed by atoms with E-state index in [1.807, 2.05) is 24.3 Å². The maximum Gasteiger partial charge on any atom is 0.134 e. The van der Waals surface area contributed by atoms with Crippen LogP contribution >= 0.6 is 11.6 Å². The number of hydrogen-bond acceptors (Lipinski definition) is 2. The van der Waals surface area contributed by atoms with Crippen molar-refractivity contribution in [2.24, 2.45) is 0 Å². The van der Waals surface area contributed by atoms with Crippen LogP contribution in [-0.4, -0.2) is 25.2 Å². The summed E-state index contributed by atoms with van der Waals surface area (Å²) in [6, 6.07) is 7.78. The second kappa shape index (κ2) is 7.31. The fraction of sp³-hybridized carbons (Fsp3) is 0.467. The van der Waals surface area contributed by atoms with Crippen LogP contribution in [0.5, 0.6) is 5.75 Å². The Hall–Kier alpha value is -1.17. The molecule has 1 aliphatic rings. The number of alkyl halides is 1. The highest BCUT2D eigenvalue weighted by molar-refractivity contribution is 6.19. The quantitative estimate of drug-likeness (QED) is 0.614. The van der Waals surface area contributed by atoms with Crippen LogP contribution in [0.15, 0.2) is 24.3 Å². The van der Waals surface area contributed by atoms with E-state index in [1.165, 1.54) is 6.42 Å². The summed E-state index contributed by atoms with van der Waals surface area (Å²) in [7, 11) is 0. The number of rotatable bonds is 4. The Bertz CT molecular complexity index is 428. The maximum absolute atomic E-state index is 5.77. The molecule has 0 aromatic heterocycles. The second-order valence-corrected chi connectivity index (χ2v) is 4.47. The smallest absolute Gasteiger partial charge is 0.134 e. The highest BCUT2D eigenvalue weighted by atomic mass is 35.5. The Morgan fingerprint density at radius 2 is 2.28 bits per heavy atom. The molecular weight excluding hydrogens is 248 g/mol. The third-order valence-corrected chi connectivity index (χ3v) is 3.03. The zero-order chi connectivity index (χ0) is 12.6. The SMILES string of the molecule is ClCC#Cc1ccccc1OCCC1CCCO1. The molecule has 1 atom stereocenters. The molecule has 3 heteroatoms. The average molecular weight is 265 g/mol. The molecule has 96 valence electrons. The van der Waals surface area contributed by atoms with Gasteiger partial charge in [0.1, 0.15) is 5.75 Å². The minimum atomic E-state index is 0.338. The molecule has 2 nitrogen and oxygen atoms in total. The van der Waals surface area contributed by atoms with E-state index in [4.69, 9.17) is 21.1 Å². The standard InChI is InChI=1S/C15H17ClO2/c16-10-3-6-13-5-1-2-8-15(13)18-12-9-14-7-4-11-17-14/h1-2,5,8,14H,4,7,9-12H2. The molecule has 0 N–H and O–H groups in total. The van der Waals surface area contributed by atoms with E-state index < -0.39 is 0 Å². The molecule has 0 spiro atoms. The van der Waals surface area contributed by atoms with Gasteiger partial charge in [-0.2, -0.15) is 0 Å². The van der Waals surface area contributed by atoms with Crippen molar-refractivity contribution in [3.63, 3.8) is 0 Å². The van der Waals surface area contributed by atoms with Gasteiger partial charge in [0.05, 0.1) is 24.2 Å². The number of hydrogen-bond donors (Lipinski definition) is 0. The van der Waals surface area contributed by atoms with E-state index >= 15 is 0 Å². The van der Waals surface area contributed by atoms with Gasteiger partial charge in [-0.25, -0.2) is 0 Å². The molecule has 0 saturated carbocycles. The molecule has 1 unspecified atom stereocenters. The first-order valence-electron chi connectivity index (χ1n) is 6.28. The Morgan fingerprint density at radius 1 is 1.39 bits per heavy atom. The van der Waals surface area contributed by atoms with Crippen LogP contribution in [0.3, 0.4) is 0 Å². The zero-order valence-corrected chi connectivity index (χ0v) is 11.1. The van der Waals surface area contributed by atoms with Gasteiger partial charge >= 0.3 is 0 Å². The third-order valence-electron chi connectivity index (χ3n) is 2.90. The highest BCUT2D eigenvalue weighted by Gasteiger charge is 2.15. The molecule has 1 fully saturated rings. The summed E-state index contributed by atoms with van der Waals surface area (Å²) in [5.41, 5.74) is 0.894. The second-order valence-electron chi connectivity index (χ2n) is 4.20. The molecule has 1 aliphatic heterocycles. The summed E-state index contributed by atoms with van der Waals surface area (Å²) in [4.78, 5) is 0. The van der Waals surface area contributed by atoms with Gasteiger partial charge in [-0.05, 0) is 25.0 Å². The lowest BCUT2D eigenvalue weighted by Crippen LogP contribution is -2.11. The largest absolute Gasteiger partial charge is 0.492 e. The number of ether oxygens (including phenoxy) is 2. The third kappa shape index (κ3) is 3.94.